The van der Waals surface area contributed by atoms with Crippen LogP contribution in [0.1, 0.15) is 18.9 Å². The van der Waals surface area contributed by atoms with Crippen molar-refractivity contribution >= 4 is 21.8 Å². The summed E-state index contributed by atoms with van der Waals surface area (Å²) < 4.78 is 13.7. The lowest BCUT2D eigenvalue weighted by atomic mass is 10.2. The second-order valence-electron chi connectivity index (χ2n) is 4.26. The average molecular weight is 317 g/mol. The van der Waals surface area contributed by atoms with E-state index in [0.717, 1.165) is 16.5 Å². The highest BCUT2D eigenvalue weighted by molar-refractivity contribution is 9.10. The number of amides is 1. The molecule has 0 radical (unpaired) electrons. The van der Waals surface area contributed by atoms with Gasteiger partial charge in [0.25, 0.3) is 0 Å². The molecule has 5 heteroatoms. The predicted molar refractivity (Wildman–Crippen MR) is 73.7 cm³/mol. The van der Waals surface area contributed by atoms with E-state index in [-0.39, 0.29) is 11.7 Å². The van der Waals surface area contributed by atoms with Crippen molar-refractivity contribution in [1.29, 1.82) is 0 Å². The lowest BCUT2D eigenvalue weighted by Crippen LogP contribution is -2.35. The second kappa shape index (κ2) is 7.48. The maximum absolute atomic E-state index is 12.9. The molecule has 0 aliphatic heterocycles. The largest absolute Gasteiger partial charge is 0.355 e. The van der Waals surface area contributed by atoms with Crippen molar-refractivity contribution in [3.05, 3.63) is 34.1 Å². The average Bonchev–Trinajstić information content (AvgIpc) is 2.30. The Morgan fingerprint density at radius 1 is 1.50 bits per heavy atom. The predicted octanol–water partition coefficient (Wildman–Crippen LogP) is 2.55. The molecule has 1 amide bonds. The van der Waals surface area contributed by atoms with E-state index in [1.54, 1.807) is 6.07 Å². The molecule has 1 aromatic carbocycles. The van der Waals surface area contributed by atoms with Crippen molar-refractivity contribution < 1.29 is 9.18 Å². The Morgan fingerprint density at radius 2 is 2.22 bits per heavy atom. The van der Waals surface area contributed by atoms with Crippen molar-refractivity contribution in [1.82, 2.24) is 10.2 Å². The Balaban J connectivity index is 2.48. The number of halogens is 2. The number of carbonyl (C=O) groups excluding carboxylic acids is 1. The zero-order valence-corrected chi connectivity index (χ0v) is 12.3. The third kappa shape index (κ3) is 5.14. The van der Waals surface area contributed by atoms with E-state index in [1.165, 1.54) is 12.1 Å². The molecule has 0 bridgehead atoms. The molecule has 1 aromatic rings. The van der Waals surface area contributed by atoms with Crippen LogP contribution in [0.4, 0.5) is 4.39 Å². The van der Waals surface area contributed by atoms with Gasteiger partial charge in [-0.15, -0.1) is 0 Å². The van der Waals surface area contributed by atoms with Gasteiger partial charge in [-0.25, -0.2) is 4.39 Å². The Bertz CT molecular complexity index is 412. The molecule has 0 saturated heterocycles. The summed E-state index contributed by atoms with van der Waals surface area (Å²) in [5, 5.41) is 2.82. The molecule has 0 aliphatic rings. The SMILES string of the molecule is CCCNC(=O)CN(C)Cc1ccc(F)cc1Br. The number of likely N-dealkylation sites (N-methyl/N-ethyl adjacent to an activating group) is 1. The summed E-state index contributed by atoms with van der Waals surface area (Å²) in [6, 6.07) is 4.57. The quantitative estimate of drug-likeness (QED) is 0.874. The minimum atomic E-state index is -0.269. The van der Waals surface area contributed by atoms with Gasteiger partial charge in [0.05, 0.1) is 6.54 Å². The number of carbonyl (C=O) groups is 1. The van der Waals surface area contributed by atoms with E-state index >= 15 is 0 Å². The normalized spacial score (nSPS) is 10.7. The minimum Gasteiger partial charge on any atom is -0.355 e. The van der Waals surface area contributed by atoms with Gasteiger partial charge in [0.15, 0.2) is 0 Å². The molecule has 0 unspecified atom stereocenters. The Morgan fingerprint density at radius 3 is 2.83 bits per heavy atom. The van der Waals surface area contributed by atoms with Gasteiger partial charge in [0.1, 0.15) is 5.82 Å². The summed E-state index contributed by atoms with van der Waals surface area (Å²) in [6.45, 7) is 3.65. The summed E-state index contributed by atoms with van der Waals surface area (Å²) >= 11 is 3.32. The van der Waals surface area contributed by atoms with Gasteiger partial charge in [-0.2, -0.15) is 0 Å². The van der Waals surface area contributed by atoms with E-state index in [4.69, 9.17) is 0 Å². The number of nitrogens with zero attached hydrogens (tertiary/aromatic N) is 1. The molecular formula is C13H18BrFN2O. The van der Waals surface area contributed by atoms with E-state index in [0.29, 0.717) is 19.6 Å². The molecular weight excluding hydrogens is 299 g/mol. The van der Waals surface area contributed by atoms with E-state index in [2.05, 4.69) is 21.2 Å². The zero-order valence-electron chi connectivity index (χ0n) is 10.7. The summed E-state index contributed by atoms with van der Waals surface area (Å²) in [6.07, 6.45) is 0.930. The van der Waals surface area contributed by atoms with Crippen molar-refractivity contribution in [2.24, 2.45) is 0 Å². The van der Waals surface area contributed by atoms with Crippen LogP contribution in [0.2, 0.25) is 0 Å². The molecule has 18 heavy (non-hydrogen) atoms. The van der Waals surface area contributed by atoms with Crippen LogP contribution in [-0.2, 0) is 11.3 Å². The molecule has 1 N–H and O–H groups in total. The van der Waals surface area contributed by atoms with E-state index < -0.39 is 0 Å². The molecule has 0 aromatic heterocycles. The smallest absolute Gasteiger partial charge is 0.234 e. The number of hydrogen-bond acceptors (Lipinski definition) is 2. The number of benzene rings is 1. The van der Waals surface area contributed by atoms with Gasteiger partial charge in [-0.3, -0.25) is 9.69 Å². The fourth-order valence-corrected chi connectivity index (χ4v) is 2.04. The molecule has 0 atom stereocenters. The fraction of sp³-hybridized carbons (Fsp3) is 0.462. The summed E-state index contributed by atoms with van der Waals surface area (Å²) in [4.78, 5) is 13.4. The first-order valence-electron chi connectivity index (χ1n) is 5.92. The summed E-state index contributed by atoms with van der Waals surface area (Å²) in [7, 11) is 1.86. The van der Waals surface area contributed by atoms with Gasteiger partial charge in [-0.1, -0.05) is 28.9 Å². The first-order chi connectivity index (χ1) is 8.52. The Labute approximate surface area is 115 Å². The zero-order chi connectivity index (χ0) is 13.5. The van der Waals surface area contributed by atoms with Crippen molar-refractivity contribution in [2.75, 3.05) is 20.1 Å². The first kappa shape index (κ1) is 15.1. The van der Waals surface area contributed by atoms with Crippen molar-refractivity contribution in [3.8, 4) is 0 Å². The van der Waals surface area contributed by atoms with Gasteiger partial charge in [0, 0.05) is 17.6 Å². The first-order valence-corrected chi connectivity index (χ1v) is 6.71. The van der Waals surface area contributed by atoms with Crippen LogP contribution in [0, 0.1) is 5.82 Å². The summed E-state index contributed by atoms with van der Waals surface area (Å²) in [5.74, 6) is -0.258. The molecule has 0 fully saturated rings. The van der Waals surface area contributed by atoms with E-state index in [9.17, 15) is 9.18 Å². The van der Waals surface area contributed by atoms with Gasteiger partial charge in [0.2, 0.25) is 5.91 Å². The Hall–Kier alpha value is -0.940. The molecule has 1 rings (SSSR count). The maximum Gasteiger partial charge on any atom is 0.234 e. The molecule has 0 heterocycles. The molecule has 3 nitrogen and oxygen atoms in total. The van der Waals surface area contributed by atoms with Crippen LogP contribution in [0.25, 0.3) is 0 Å². The molecule has 0 spiro atoms. The third-order valence-corrected chi connectivity index (χ3v) is 3.18. The van der Waals surface area contributed by atoms with Crippen LogP contribution in [-0.4, -0.2) is 30.9 Å². The van der Waals surface area contributed by atoms with Gasteiger partial charge >= 0.3 is 0 Å². The molecule has 0 saturated carbocycles. The molecule has 0 aliphatic carbocycles. The fourth-order valence-electron chi connectivity index (χ4n) is 1.56. The monoisotopic (exact) mass is 316 g/mol. The van der Waals surface area contributed by atoms with E-state index in [1.807, 2.05) is 18.9 Å². The highest BCUT2D eigenvalue weighted by Crippen LogP contribution is 2.19. The highest BCUT2D eigenvalue weighted by atomic mass is 79.9. The topological polar surface area (TPSA) is 32.3 Å². The van der Waals surface area contributed by atoms with Crippen LogP contribution in [0.3, 0.4) is 0 Å². The third-order valence-electron chi connectivity index (χ3n) is 2.44. The van der Waals surface area contributed by atoms with Gasteiger partial charge in [-0.05, 0) is 31.2 Å². The lowest BCUT2D eigenvalue weighted by Gasteiger charge is -2.17. The Kier molecular flexibility index (Phi) is 6.29. The molecule has 100 valence electrons. The number of hydrogen-bond donors (Lipinski definition) is 1. The number of nitrogens with one attached hydrogen (secondary N) is 1. The standard InChI is InChI=1S/C13H18BrFN2O/c1-3-6-16-13(18)9-17(2)8-10-4-5-11(15)7-12(10)14/h4-5,7H,3,6,8-9H2,1-2H3,(H,16,18). The lowest BCUT2D eigenvalue weighted by molar-refractivity contribution is -0.122. The van der Waals surface area contributed by atoms with Crippen molar-refractivity contribution in [3.63, 3.8) is 0 Å². The highest BCUT2D eigenvalue weighted by Gasteiger charge is 2.08. The maximum atomic E-state index is 12.9. The van der Waals surface area contributed by atoms with Crippen LogP contribution >= 0.6 is 15.9 Å². The van der Waals surface area contributed by atoms with Crippen LogP contribution in [0.5, 0.6) is 0 Å². The second-order valence-corrected chi connectivity index (χ2v) is 5.11. The van der Waals surface area contributed by atoms with Crippen molar-refractivity contribution in [2.45, 2.75) is 19.9 Å². The minimum absolute atomic E-state index is 0.0117. The van der Waals surface area contributed by atoms with Crippen LogP contribution < -0.4 is 5.32 Å². The van der Waals surface area contributed by atoms with Crippen LogP contribution in [0.15, 0.2) is 22.7 Å². The van der Waals surface area contributed by atoms with Gasteiger partial charge < -0.3 is 5.32 Å². The number of rotatable bonds is 6. The summed E-state index contributed by atoms with van der Waals surface area (Å²) in [5.41, 5.74) is 0.960.